The fourth-order valence-corrected chi connectivity index (χ4v) is 2.57. The third-order valence-electron chi connectivity index (χ3n) is 3.98. The van der Waals surface area contributed by atoms with Gasteiger partial charge in [-0.2, -0.15) is 0 Å². The molecule has 0 aromatic heterocycles. The van der Waals surface area contributed by atoms with Crippen molar-refractivity contribution in [2.45, 2.75) is 64.0 Å². The number of benzene rings is 1. The van der Waals surface area contributed by atoms with Gasteiger partial charge in [-0.15, -0.1) is 0 Å². The van der Waals surface area contributed by atoms with E-state index >= 15 is 0 Å². The summed E-state index contributed by atoms with van der Waals surface area (Å²) in [6, 6.07) is 8.78. The van der Waals surface area contributed by atoms with Gasteiger partial charge in [-0.1, -0.05) is 56.3 Å². The summed E-state index contributed by atoms with van der Waals surface area (Å²) in [6.07, 6.45) is 9.16. The van der Waals surface area contributed by atoms with Gasteiger partial charge < -0.3 is 10.1 Å². The van der Waals surface area contributed by atoms with Crippen LogP contribution >= 0.6 is 11.6 Å². The Morgan fingerprint density at radius 2 is 1.86 bits per heavy atom. The molecule has 21 heavy (non-hydrogen) atoms. The molecule has 0 amide bonds. The summed E-state index contributed by atoms with van der Waals surface area (Å²) < 4.78 is 6.12. The van der Waals surface area contributed by atoms with Gasteiger partial charge in [-0.3, -0.25) is 0 Å². The molecule has 1 aliphatic carbocycles. The predicted molar refractivity (Wildman–Crippen MR) is 89.9 cm³/mol. The lowest BCUT2D eigenvalue weighted by molar-refractivity contribution is 0.0495. The second kappa shape index (κ2) is 9.45. The van der Waals surface area contributed by atoms with Crippen molar-refractivity contribution in [1.29, 1.82) is 0 Å². The molecule has 0 aliphatic heterocycles. The van der Waals surface area contributed by atoms with Crippen molar-refractivity contribution in [2.75, 3.05) is 13.2 Å². The lowest BCUT2D eigenvalue weighted by Crippen LogP contribution is -2.25. The smallest absolute Gasteiger partial charge is 0.0949 e. The van der Waals surface area contributed by atoms with E-state index < -0.39 is 0 Å². The standard InChI is InChI=1S/C18H28ClNO/c1-2-3-4-5-6-13-21-18(14-20-17-11-12-17)15-7-9-16(19)10-8-15/h7-10,17-18,20H,2-6,11-14H2,1H3. The molecule has 1 aromatic rings. The molecule has 1 aromatic carbocycles. The zero-order chi connectivity index (χ0) is 14.9. The van der Waals surface area contributed by atoms with Crippen LogP contribution in [0, 0.1) is 0 Å². The highest BCUT2D eigenvalue weighted by Crippen LogP contribution is 2.23. The Balaban J connectivity index is 1.75. The van der Waals surface area contributed by atoms with Crippen LogP contribution < -0.4 is 5.32 Å². The summed E-state index contributed by atoms with van der Waals surface area (Å²) in [7, 11) is 0. The fourth-order valence-electron chi connectivity index (χ4n) is 2.44. The third-order valence-corrected chi connectivity index (χ3v) is 4.23. The molecule has 1 fully saturated rings. The molecular formula is C18H28ClNO. The molecule has 1 atom stereocenters. The lowest BCUT2D eigenvalue weighted by Gasteiger charge is -2.19. The second-order valence-electron chi connectivity index (χ2n) is 6.01. The molecule has 1 saturated carbocycles. The first-order valence-corrected chi connectivity index (χ1v) is 8.78. The molecule has 2 nitrogen and oxygen atoms in total. The number of hydrogen-bond donors (Lipinski definition) is 1. The van der Waals surface area contributed by atoms with Crippen molar-refractivity contribution in [3.8, 4) is 0 Å². The van der Waals surface area contributed by atoms with Crippen molar-refractivity contribution in [1.82, 2.24) is 5.32 Å². The van der Waals surface area contributed by atoms with E-state index in [-0.39, 0.29) is 6.10 Å². The number of rotatable bonds is 11. The van der Waals surface area contributed by atoms with Gasteiger partial charge in [0, 0.05) is 24.2 Å². The van der Waals surface area contributed by atoms with Crippen LogP contribution in [0.5, 0.6) is 0 Å². The summed E-state index contributed by atoms with van der Waals surface area (Å²) in [4.78, 5) is 0. The summed E-state index contributed by atoms with van der Waals surface area (Å²) >= 11 is 5.97. The van der Waals surface area contributed by atoms with Gasteiger partial charge in [-0.25, -0.2) is 0 Å². The normalized spacial score (nSPS) is 16.1. The third kappa shape index (κ3) is 6.82. The van der Waals surface area contributed by atoms with E-state index in [2.05, 4.69) is 24.4 Å². The van der Waals surface area contributed by atoms with E-state index in [9.17, 15) is 0 Å². The first kappa shape index (κ1) is 16.8. The molecule has 118 valence electrons. The van der Waals surface area contributed by atoms with Crippen LogP contribution in [0.4, 0.5) is 0 Å². The summed E-state index contributed by atoms with van der Waals surface area (Å²) in [6.45, 7) is 4.00. The van der Waals surface area contributed by atoms with Crippen LogP contribution in [0.25, 0.3) is 0 Å². The topological polar surface area (TPSA) is 21.3 Å². The highest BCUT2D eigenvalue weighted by molar-refractivity contribution is 6.30. The van der Waals surface area contributed by atoms with Crippen molar-refractivity contribution < 1.29 is 4.74 Å². The minimum absolute atomic E-state index is 0.147. The van der Waals surface area contributed by atoms with E-state index in [0.29, 0.717) is 6.04 Å². The van der Waals surface area contributed by atoms with Crippen LogP contribution in [-0.2, 0) is 4.74 Å². The van der Waals surface area contributed by atoms with E-state index in [4.69, 9.17) is 16.3 Å². The van der Waals surface area contributed by atoms with Crippen molar-refractivity contribution in [3.63, 3.8) is 0 Å². The zero-order valence-electron chi connectivity index (χ0n) is 13.1. The summed E-state index contributed by atoms with van der Waals surface area (Å²) in [5, 5.41) is 4.36. The Morgan fingerprint density at radius 1 is 1.14 bits per heavy atom. The highest BCUT2D eigenvalue weighted by atomic mass is 35.5. The van der Waals surface area contributed by atoms with E-state index in [1.165, 1.54) is 44.1 Å². The van der Waals surface area contributed by atoms with Crippen molar-refractivity contribution in [2.24, 2.45) is 0 Å². The monoisotopic (exact) mass is 309 g/mol. The Kier molecular flexibility index (Phi) is 7.56. The molecule has 1 aliphatic rings. The first-order valence-electron chi connectivity index (χ1n) is 8.40. The maximum Gasteiger partial charge on any atom is 0.0949 e. The molecule has 0 spiro atoms. The van der Waals surface area contributed by atoms with Crippen LogP contribution in [0.3, 0.4) is 0 Å². The lowest BCUT2D eigenvalue weighted by atomic mass is 10.1. The van der Waals surface area contributed by atoms with Gasteiger partial charge in [0.2, 0.25) is 0 Å². The Hall–Kier alpha value is -0.570. The molecule has 1 N–H and O–H groups in total. The largest absolute Gasteiger partial charge is 0.372 e. The molecule has 0 heterocycles. The number of hydrogen-bond acceptors (Lipinski definition) is 2. The number of halogens is 1. The molecule has 0 bridgehead atoms. The minimum Gasteiger partial charge on any atom is -0.372 e. The maximum atomic E-state index is 6.12. The highest BCUT2D eigenvalue weighted by Gasteiger charge is 2.22. The van der Waals surface area contributed by atoms with Crippen LogP contribution in [-0.4, -0.2) is 19.2 Å². The van der Waals surface area contributed by atoms with Crippen LogP contribution in [0.2, 0.25) is 5.02 Å². The minimum atomic E-state index is 0.147. The average molecular weight is 310 g/mol. The molecule has 2 rings (SSSR count). The van der Waals surface area contributed by atoms with Crippen LogP contribution in [0.15, 0.2) is 24.3 Å². The Morgan fingerprint density at radius 3 is 2.52 bits per heavy atom. The predicted octanol–water partition coefficient (Wildman–Crippen LogP) is 5.12. The Bertz CT molecular complexity index is 389. The van der Waals surface area contributed by atoms with E-state index in [0.717, 1.165) is 24.6 Å². The van der Waals surface area contributed by atoms with Crippen LogP contribution in [0.1, 0.15) is 63.5 Å². The SMILES string of the molecule is CCCCCCCOC(CNC1CC1)c1ccc(Cl)cc1. The molecule has 3 heteroatoms. The molecule has 0 radical (unpaired) electrons. The van der Waals surface area contributed by atoms with Crippen molar-refractivity contribution in [3.05, 3.63) is 34.9 Å². The summed E-state index contributed by atoms with van der Waals surface area (Å²) in [5.41, 5.74) is 1.22. The van der Waals surface area contributed by atoms with E-state index in [1.54, 1.807) is 0 Å². The zero-order valence-corrected chi connectivity index (χ0v) is 13.9. The first-order chi connectivity index (χ1) is 10.3. The number of ether oxygens (including phenoxy) is 1. The number of nitrogens with one attached hydrogen (secondary N) is 1. The van der Waals surface area contributed by atoms with Gasteiger partial charge in [0.15, 0.2) is 0 Å². The number of unbranched alkanes of at least 4 members (excludes halogenated alkanes) is 4. The summed E-state index contributed by atoms with van der Waals surface area (Å²) in [5.74, 6) is 0. The fraction of sp³-hybridized carbons (Fsp3) is 0.667. The van der Waals surface area contributed by atoms with Gasteiger partial charge in [-0.05, 0) is 37.0 Å². The van der Waals surface area contributed by atoms with Gasteiger partial charge >= 0.3 is 0 Å². The van der Waals surface area contributed by atoms with Gasteiger partial charge in [0.05, 0.1) is 6.10 Å². The van der Waals surface area contributed by atoms with Crippen molar-refractivity contribution >= 4 is 11.6 Å². The molecule has 0 saturated heterocycles. The second-order valence-corrected chi connectivity index (χ2v) is 6.44. The Labute approximate surface area is 134 Å². The molecular weight excluding hydrogens is 282 g/mol. The van der Waals surface area contributed by atoms with Gasteiger partial charge in [0.1, 0.15) is 0 Å². The quantitative estimate of drug-likeness (QED) is 0.573. The average Bonchev–Trinajstić information content (AvgIpc) is 3.31. The molecule has 1 unspecified atom stereocenters. The van der Waals surface area contributed by atoms with E-state index in [1.807, 2.05) is 12.1 Å². The van der Waals surface area contributed by atoms with Gasteiger partial charge in [0.25, 0.3) is 0 Å². The maximum absolute atomic E-state index is 6.12.